The smallest absolute Gasteiger partial charge is 0.124 e. The number of hydrogen-bond acceptors (Lipinski definition) is 3. The lowest BCUT2D eigenvalue weighted by molar-refractivity contribution is 0.0609. The van der Waals surface area contributed by atoms with E-state index in [9.17, 15) is 4.39 Å². The maximum absolute atomic E-state index is 13.3. The van der Waals surface area contributed by atoms with Crippen molar-refractivity contribution >= 4 is 15.9 Å². The summed E-state index contributed by atoms with van der Waals surface area (Å²) in [7, 11) is 1.67. The molecular formula is C13H20BrFN2O. The highest BCUT2D eigenvalue weighted by molar-refractivity contribution is 9.10. The third-order valence-corrected chi connectivity index (χ3v) is 3.37. The van der Waals surface area contributed by atoms with Crippen LogP contribution in [0.1, 0.15) is 25.3 Å². The lowest BCUT2D eigenvalue weighted by Gasteiger charge is -2.25. The van der Waals surface area contributed by atoms with E-state index in [1.54, 1.807) is 7.11 Å². The summed E-state index contributed by atoms with van der Waals surface area (Å²) in [6.45, 7) is 2.10. The predicted molar refractivity (Wildman–Crippen MR) is 74.6 cm³/mol. The first-order valence-electron chi connectivity index (χ1n) is 6.04. The molecule has 0 amide bonds. The van der Waals surface area contributed by atoms with Crippen molar-refractivity contribution in [1.82, 2.24) is 5.43 Å². The van der Waals surface area contributed by atoms with Crippen molar-refractivity contribution in [3.8, 4) is 0 Å². The van der Waals surface area contributed by atoms with Gasteiger partial charge in [0.15, 0.2) is 0 Å². The molecule has 3 nitrogen and oxygen atoms in total. The first-order chi connectivity index (χ1) is 8.60. The molecule has 0 aliphatic heterocycles. The molecule has 5 heteroatoms. The van der Waals surface area contributed by atoms with Crippen molar-refractivity contribution in [3.63, 3.8) is 0 Å². The van der Waals surface area contributed by atoms with Gasteiger partial charge in [0.05, 0.1) is 12.1 Å². The fraction of sp³-hybridized carbons (Fsp3) is 0.538. The number of methoxy groups -OCH3 is 1. The van der Waals surface area contributed by atoms with Crippen molar-refractivity contribution in [1.29, 1.82) is 0 Å². The molecule has 102 valence electrons. The zero-order valence-electron chi connectivity index (χ0n) is 10.7. The molecule has 3 N–H and O–H groups in total. The SMILES string of the molecule is CCCC(OC)C(Cc1cc(F)cc(Br)c1)NN. The Kier molecular flexibility index (Phi) is 6.78. The van der Waals surface area contributed by atoms with Crippen LogP contribution in [-0.2, 0) is 11.2 Å². The maximum atomic E-state index is 13.3. The van der Waals surface area contributed by atoms with Crippen molar-refractivity contribution < 1.29 is 9.13 Å². The van der Waals surface area contributed by atoms with Gasteiger partial charge in [-0.1, -0.05) is 29.3 Å². The summed E-state index contributed by atoms with van der Waals surface area (Å²) in [5, 5.41) is 0. The molecule has 0 aromatic heterocycles. The number of benzene rings is 1. The number of hydrazine groups is 1. The molecule has 2 atom stereocenters. The zero-order valence-corrected chi connectivity index (χ0v) is 12.3. The third-order valence-electron chi connectivity index (χ3n) is 2.92. The van der Waals surface area contributed by atoms with E-state index in [0.29, 0.717) is 6.42 Å². The Morgan fingerprint density at radius 2 is 2.17 bits per heavy atom. The van der Waals surface area contributed by atoms with Crippen LogP contribution in [0.15, 0.2) is 22.7 Å². The van der Waals surface area contributed by atoms with Crippen molar-refractivity contribution in [2.45, 2.75) is 38.3 Å². The van der Waals surface area contributed by atoms with Gasteiger partial charge in [0.25, 0.3) is 0 Å². The molecule has 0 bridgehead atoms. The normalized spacial score (nSPS) is 14.5. The summed E-state index contributed by atoms with van der Waals surface area (Å²) >= 11 is 3.29. The average molecular weight is 319 g/mol. The van der Waals surface area contributed by atoms with Gasteiger partial charge in [-0.05, 0) is 36.6 Å². The van der Waals surface area contributed by atoms with Crippen LogP contribution >= 0.6 is 15.9 Å². The predicted octanol–water partition coefficient (Wildman–Crippen LogP) is 2.78. The molecule has 1 aromatic rings. The summed E-state index contributed by atoms with van der Waals surface area (Å²) in [5.41, 5.74) is 3.65. The Balaban J connectivity index is 2.77. The lowest BCUT2D eigenvalue weighted by Crippen LogP contribution is -2.46. The Morgan fingerprint density at radius 1 is 1.44 bits per heavy atom. The van der Waals surface area contributed by atoms with Crippen LogP contribution in [0.4, 0.5) is 4.39 Å². The van der Waals surface area contributed by atoms with Crippen molar-refractivity contribution in [3.05, 3.63) is 34.1 Å². The summed E-state index contributed by atoms with van der Waals surface area (Å²) in [4.78, 5) is 0. The van der Waals surface area contributed by atoms with E-state index in [0.717, 1.165) is 22.9 Å². The fourth-order valence-corrected chi connectivity index (χ4v) is 2.56. The van der Waals surface area contributed by atoms with E-state index in [1.165, 1.54) is 12.1 Å². The Morgan fingerprint density at radius 3 is 2.67 bits per heavy atom. The number of halogens is 2. The van der Waals surface area contributed by atoms with Crippen LogP contribution in [0.3, 0.4) is 0 Å². The number of hydrogen-bond donors (Lipinski definition) is 2. The molecule has 0 fully saturated rings. The van der Waals surface area contributed by atoms with Crippen LogP contribution in [0.2, 0.25) is 0 Å². The first-order valence-corrected chi connectivity index (χ1v) is 6.83. The molecule has 0 saturated carbocycles. The molecule has 0 aliphatic rings. The molecule has 1 rings (SSSR count). The highest BCUT2D eigenvalue weighted by Gasteiger charge is 2.20. The van der Waals surface area contributed by atoms with E-state index in [1.807, 2.05) is 6.07 Å². The van der Waals surface area contributed by atoms with E-state index in [4.69, 9.17) is 10.6 Å². The molecular weight excluding hydrogens is 299 g/mol. The van der Waals surface area contributed by atoms with Gasteiger partial charge in [0.2, 0.25) is 0 Å². The average Bonchev–Trinajstić information content (AvgIpc) is 2.32. The summed E-state index contributed by atoms with van der Waals surface area (Å²) in [6, 6.07) is 4.83. The molecule has 18 heavy (non-hydrogen) atoms. The van der Waals surface area contributed by atoms with Gasteiger partial charge in [-0.25, -0.2) is 4.39 Å². The van der Waals surface area contributed by atoms with Gasteiger partial charge in [0, 0.05) is 11.6 Å². The summed E-state index contributed by atoms with van der Waals surface area (Å²) < 4.78 is 19.5. The molecule has 1 aromatic carbocycles. The zero-order chi connectivity index (χ0) is 13.5. The Hall–Kier alpha value is -0.490. The van der Waals surface area contributed by atoms with E-state index < -0.39 is 0 Å². The molecule has 0 saturated heterocycles. The maximum Gasteiger partial charge on any atom is 0.124 e. The Labute approximate surface area is 116 Å². The minimum Gasteiger partial charge on any atom is -0.380 e. The number of ether oxygens (including phenoxy) is 1. The van der Waals surface area contributed by atoms with E-state index in [-0.39, 0.29) is 18.0 Å². The molecule has 0 radical (unpaired) electrons. The quantitative estimate of drug-likeness (QED) is 0.600. The molecule has 0 aliphatic carbocycles. The van der Waals surface area contributed by atoms with Gasteiger partial charge in [-0.15, -0.1) is 0 Å². The second-order valence-electron chi connectivity index (χ2n) is 4.32. The van der Waals surface area contributed by atoms with Gasteiger partial charge >= 0.3 is 0 Å². The molecule has 0 heterocycles. The number of nitrogens with two attached hydrogens (primary N) is 1. The van der Waals surface area contributed by atoms with Crippen molar-refractivity contribution in [2.24, 2.45) is 5.84 Å². The summed E-state index contributed by atoms with van der Waals surface area (Å²) in [5.74, 6) is 5.32. The highest BCUT2D eigenvalue weighted by Crippen LogP contribution is 2.18. The third kappa shape index (κ3) is 4.65. The van der Waals surface area contributed by atoms with Gasteiger partial charge < -0.3 is 4.74 Å². The minimum absolute atomic E-state index is 0.0244. The molecule has 0 spiro atoms. The van der Waals surface area contributed by atoms with E-state index in [2.05, 4.69) is 28.3 Å². The van der Waals surface area contributed by atoms with Crippen LogP contribution in [-0.4, -0.2) is 19.3 Å². The topological polar surface area (TPSA) is 47.3 Å². The number of rotatable bonds is 7. The number of nitrogens with one attached hydrogen (secondary N) is 1. The lowest BCUT2D eigenvalue weighted by atomic mass is 9.99. The summed E-state index contributed by atoms with van der Waals surface area (Å²) in [6.07, 6.45) is 2.60. The standard InChI is InChI=1S/C13H20BrFN2O/c1-3-4-13(18-2)12(17-16)7-9-5-10(14)8-11(15)6-9/h5-6,8,12-13,17H,3-4,7,16H2,1-2H3. The van der Waals surface area contributed by atoms with Crippen LogP contribution < -0.4 is 11.3 Å². The van der Waals surface area contributed by atoms with Gasteiger partial charge in [-0.2, -0.15) is 0 Å². The van der Waals surface area contributed by atoms with E-state index >= 15 is 0 Å². The van der Waals surface area contributed by atoms with Gasteiger partial charge in [-0.3, -0.25) is 11.3 Å². The largest absolute Gasteiger partial charge is 0.380 e. The van der Waals surface area contributed by atoms with Crippen LogP contribution in [0.25, 0.3) is 0 Å². The van der Waals surface area contributed by atoms with Crippen LogP contribution in [0.5, 0.6) is 0 Å². The first kappa shape index (κ1) is 15.6. The fourth-order valence-electron chi connectivity index (χ4n) is 2.05. The van der Waals surface area contributed by atoms with Crippen LogP contribution in [0, 0.1) is 5.82 Å². The van der Waals surface area contributed by atoms with Crippen molar-refractivity contribution in [2.75, 3.05) is 7.11 Å². The Bertz CT molecular complexity index is 356. The molecule has 2 unspecified atom stereocenters. The minimum atomic E-state index is -0.250. The second-order valence-corrected chi connectivity index (χ2v) is 5.23. The van der Waals surface area contributed by atoms with Gasteiger partial charge in [0.1, 0.15) is 5.82 Å². The monoisotopic (exact) mass is 318 g/mol. The highest BCUT2D eigenvalue weighted by atomic mass is 79.9. The second kappa shape index (κ2) is 7.84.